The summed E-state index contributed by atoms with van der Waals surface area (Å²) in [6, 6.07) is 7.87. The molecule has 0 unspecified atom stereocenters. The molecule has 1 aromatic carbocycles. The van der Waals surface area contributed by atoms with Crippen LogP contribution in [0.15, 0.2) is 35.3 Å². The van der Waals surface area contributed by atoms with E-state index in [0.29, 0.717) is 5.82 Å². The van der Waals surface area contributed by atoms with Crippen molar-refractivity contribution in [2.24, 2.45) is 7.05 Å². The first-order valence-corrected chi connectivity index (χ1v) is 9.64. The van der Waals surface area contributed by atoms with Gasteiger partial charge < -0.3 is 15.2 Å². The number of anilines is 2. The lowest BCUT2D eigenvalue weighted by atomic mass is 9.93. The maximum Gasteiger partial charge on any atom is 0.329 e. The number of aromatic nitrogens is 3. The number of hydrogen-bond acceptors (Lipinski definition) is 5. The smallest absolute Gasteiger partial charge is 0.329 e. The fourth-order valence-corrected chi connectivity index (χ4v) is 4.04. The zero-order chi connectivity index (χ0) is 19.8. The van der Waals surface area contributed by atoms with Crippen LogP contribution in [-0.4, -0.2) is 32.4 Å². The zero-order valence-corrected chi connectivity index (χ0v) is 16.5. The van der Waals surface area contributed by atoms with E-state index in [-0.39, 0.29) is 17.8 Å². The molecule has 4 rings (SSSR count). The first-order chi connectivity index (χ1) is 13.5. The third-order valence-corrected chi connectivity index (χ3v) is 5.70. The van der Waals surface area contributed by atoms with Gasteiger partial charge in [0.15, 0.2) is 0 Å². The van der Waals surface area contributed by atoms with Crippen LogP contribution >= 0.6 is 0 Å². The standard InChI is InChI=1S/C21H26N4O3/c1-13-10-16(28-3)8-9-17(13)23-20-11-18-19(12-22-20)24(2)21(27)25(18)14-4-6-15(26)7-5-14/h8-12,14-15,26H,4-7H2,1-3H3,(H,22,23). The third kappa shape index (κ3) is 3.26. The number of fused-ring (bicyclic) bond motifs is 1. The number of imidazole rings is 1. The van der Waals surface area contributed by atoms with Crippen molar-refractivity contribution in [3.8, 4) is 5.75 Å². The minimum atomic E-state index is -0.251. The Balaban J connectivity index is 1.72. The van der Waals surface area contributed by atoms with Gasteiger partial charge in [-0.3, -0.25) is 9.13 Å². The number of ether oxygens (including phenoxy) is 1. The van der Waals surface area contributed by atoms with Gasteiger partial charge in [0.05, 0.1) is 30.4 Å². The topological polar surface area (TPSA) is 81.3 Å². The Kier molecular flexibility index (Phi) is 4.85. The van der Waals surface area contributed by atoms with Crippen molar-refractivity contribution >= 4 is 22.5 Å². The van der Waals surface area contributed by atoms with Crippen molar-refractivity contribution in [1.29, 1.82) is 0 Å². The summed E-state index contributed by atoms with van der Waals surface area (Å²) in [6.45, 7) is 2.01. The van der Waals surface area contributed by atoms with E-state index in [2.05, 4.69) is 10.3 Å². The van der Waals surface area contributed by atoms with Gasteiger partial charge in [-0.05, 0) is 56.4 Å². The van der Waals surface area contributed by atoms with E-state index in [1.54, 1.807) is 24.9 Å². The number of nitrogens with zero attached hydrogens (tertiary/aromatic N) is 3. The number of nitrogens with one attached hydrogen (secondary N) is 1. The lowest BCUT2D eigenvalue weighted by Gasteiger charge is -2.26. The van der Waals surface area contributed by atoms with Crippen molar-refractivity contribution in [2.45, 2.75) is 44.8 Å². The Hall–Kier alpha value is -2.80. The van der Waals surface area contributed by atoms with Crippen LogP contribution in [0.5, 0.6) is 5.75 Å². The summed E-state index contributed by atoms with van der Waals surface area (Å²) in [4.78, 5) is 17.4. The van der Waals surface area contributed by atoms with E-state index < -0.39 is 0 Å². The molecule has 3 aromatic rings. The molecule has 2 heterocycles. The molecule has 0 spiro atoms. The molecule has 0 atom stereocenters. The summed E-state index contributed by atoms with van der Waals surface area (Å²) in [6.07, 6.45) is 4.57. The molecule has 7 nitrogen and oxygen atoms in total. The van der Waals surface area contributed by atoms with Crippen LogP contribution in [0.25, 0.3) is 11.0 Å². The predicted molar refractivity (Wildman–Crippen MR) is 109 cm³/mol. The van der Waals surface area contributed by atoms with E-state index in [1.807, 2.05) is 35.8 Å². The molecule has 0 aliphatic heterocycles. The van der Waals surface area contributed by atoms with Crippen LogP contribution in [0.2, 0.25) is 0 Å². The van der Waals surface area contributed by atoms with Crippen LogP contribution in [0.3, 0.4) is 0 Å². The number of hydrogen-bond donors (Lipinski definition) is 2. The Morgan fingerprint density at radius 2 is 1.93 bits per heavy atom. The molecular formula is C21H26N4O3. The first kappa shape index (κ1) is 18.6. The quantitative estimate of drug-likeness (QED) is 0.724. The molecule has 0 saturated heterocycles. The van der Waals surface area contributed by atoms with Crippen LogP contribution in [0.4, 0.5) is 11.5 Å². The van der Waals surface area contributed by atoms with E-state index in [4.69, 9.17) is 4.74 Å². The minimum Gasteiger partial charge on any atom is -0.497 e. The Labute approximate surface area is 163 Å². The highest BCUT2D eigenvalue weighted by Crippen LogP contribution is 2.31. The minimum absolute atomic E-state index is 0.0315. The summed E-state index contributed by atoms with van der Waals surface area (Å²) in [7, 11) is 3.43. The number of aliphatic hydroxyl groups is 1. The number of benzene rings is 1. The largest absolute Gasteiger partial charge is 0.497 e. The molecule has 0 bridgehead atoms. The van der Waals surface area contributed by atoms with Crippen molar-refractivity contribution in [3.63, 3.8) is 0 Å². The molecule has 28 heavy (non-hydrogen) atoms. The molecule has 0 amide bonds. The molecule has 148 valence electrons. The fraction of sp³-hybridized carbons (Fsp3) is 0.429. The Morgan fingerprint density at radius 1 is 1.18 bits per heavy atom. The molecule has 1 saturated carbocycles. The average molecular weight is 382 g/mol. The molecule has 7 heteroatoms. The Bertz CT molecular complexity index is 1060. The first-order valence-electron chi connectivity index (χ1n) is 9.64. The van der Waals surface area contributed by atoms with Gasteiger partial charge in [0.1, 0.15) is 11.6 Å². The fourth-order valence-electron chi connectivity index (χ4n) is 4.04. The van der Waals surface area contributed by atoms with E-state index >= 15 is 0 Å². The van der Waals surface area contributed by atoms with Crippen molar-refractivity contribution in [2.75, 3.05) is 12.4 Å². The molecule has 1 aliphatic rings. The predicted octanol–water partition coefficient (Wildman–Crippen LogP) is 3.27. The molecule has 1 fully saturated rings. The Morgan fingerprint density at radius 3 is 2.61 bits per heavy atom. The van der Waals surface area contributed by atoms with Gasteiger partial charge >= 0.3 is 5.69 Å². The lowest BCUT2D eigenvalue weighted by molar-refractivity contribution is 0.110. The average Bonchev–Trinajstić information content (AvgIpc) is 2.94. The van der Waals surface area contributed by atoms with Gasteiger partial charge in [0, 0.05) is 24.8 Å². The van der Waals surface area contributed by atoms with Crippen molar-refractivity contribution < 1.29 is 9.84 Å². The van der Waals surface area contributed by atoms with E-state index in [1.165, 1.54) is 0 Å². The second-order valence-electron chi connectivity index (χ2n) is 7.54. The highest BCUT2D eigenvalue weighted by atomic mass is 16.5. The highest BCUT2D eigenvalue weighted by Gasteiger charge is 2.25. The van der Waals surface area contributed by atoms with Gasteiger partial charge in [-0.1, -0.05) is 0 Å². The number of methoxy groups -OCH3 is 1. The monoisotopic (exact) mass is 382 g/mol. The summed E-state index contributed by atoms with van der Waals surface area (Å²) >= 11 is 0. The normalized spacial score (nSPS) is 19.7. The summed E-state index contributed by atoms with van der Waals surface area (Å²) in [5.41, 5.74) is 3.65. The van der Waals surface area contributed by atoms with Crippen molar-refractivity contribution in [1.82, 2.24) is 14.1 Å². The maximum atomic E-state index is 12.9. The maximum absolute atomic E-state index is 12.9. The lowest BCUT2D eigenvalue weighted by Crippen LogP contribution is -2.29. The molecule has 0 radical (unpaired) electrons. The second-order valence-corrected chi connectivity index (χ2v) is 7.54. The highest BCUT2D eigenvalue weighted by molar-refractivity contribution is 5.79. The summed E-state index contributed by atoms with van der Waals surface area (Å²) < 4.78 is 8.78. The number of rotatable bonds is 4. The van der Waals surface area contributed by atoms with Gasteiger partial charge in [-0.2, -0.15) is 0 Å². The van der Waals surface area contributed by atoms with Gasteiger partial charge in [0.25, 0.3) is 0 Å². The van der Waals surface area contributed by atoms with E-state index in [0.717, 1.165) is 53.7 Å². The van der Waals surface area contributed by atoms with E-state index in [9.17, 15) is 9.90 Å². The van der Waals surface area contributed by atoms with Crippen molar-refractivity contribution in [3.05, 3.63) is 46.5 Å². The summed E-state index contributed by atoms with van der Waals surface area (Å²) in [5, 5.41) is 13.2. The molecular weight excluding hydrogens is 356 g/mol. The van der Waals surface area contributed by atoms with Crippen LogP contribution < -0.4 is 15.7 Å². The number of aliphatic hydroxyl groups excluding tert-OH is 1. The molecule has 1 aliphatic carbocycles. The molecule has 2 N–H and O–H groups in total. The van der Waals surface area contributed by atoms with Crippen LogP contribution in [0, 0.1) is 6.92 Å². The number of pyridine rings is 1. The second kappa shape index (κ2) is 7.31. The van der Waals surface area contributed by atoms with Crippen LogP contribution in [0.1, 0.15) is 37.3 Å². The zero-order valence-electron chi connectivity index (χ0n) is 16.5. The summed E-state index contributed by atoms with van der Waals surface area (Å²) in [5.74, 6) is 1.50. The third-order valence-electron chi connectivity index (χ3n) is 5.70. The van der Waals surface area contributed by atoms with Gasteiger partial charge in [0.2, 0.25) is 0 Å². The molecule has 2 aromatic heterocycles. The number of aryl methyl sites for hydroxylation is 2. The SMILES string of the molecule is COc1ccc(Nc2cc3c(cn2)n(C)c(=O)n3C2CCC(O)CC2)c(C)c1. The van der Waals surface area contributed by atoms with Gasteiger partial charge in [-0.25, -0.2) is 9.78 Å². The van der Waals surface area contributed by atoms with Crippen LogP contribution in [-0.2, 0) is 7.05 Å². The van der Waals surface area contributed by atoms with Gasteiger partial charge in [-0.15, -0.1) is 0 Å².